The summed E-state index contributed by atoms with van der Waals surface area (Å²) in [4.78, 5) is 36.6. The van der Waals surface area contributed by atoms with Crippen LogP contribution in [0.3, 0.4) is 0 Å². The Hall–Kier alpha value is -6.48. The maximum atomic E-state index is 14.7. The molecule has 63 heavy (non-hydrogen) atoms. The van der Waals surface area contributed by atoms with Gasteiger partial charge in [-0.3, -0.25) is 9.59 Å². The molecule has 6 aliphatic rings. The highest BCUT2D eigenvalue weighted by molar-refractivity contribution is 7.39. The fourth-order valence-electron chi connectivity index (χ4n) is 11.3. The average molecular weight is 889 g/mol. The fourth-order valence-corrected chi connectivity index (χ4v) is 15.9. The summed E-state index contributed by atoms with van der Waals surface area (Å²) in [5.74, 6) is -5.86. The number of carbonyl (C=O) groups excluding carboxylic acids is 2. The van der Waals surface area contributed by atoms with Crippen LogP contribution in [0.4, 0.5) is 17.6 Å². The maximum absolute atomic E-state index is 14.7. The molecule has 3 heterocycles. The number of Topliss-reactive ketones (excluding diaryl/α,β-unsaturated/α-hetero) is 2. The first kappa shape index (κ1) is 39.4. The molecule has 6 aliphatic carbocycles. The second kappa shape index (κ2) is 14.0. The zero-order chi connectivity index (χ0) is 43.7. The van der Waals surface area contributed by atoms with Crippen LogP contribution in [0.1, 0.15) is 111 Å². The van der Waals surface area contributed by atoms with Gasteiger partial charge in [0.15, 0.2) is 34.8 Å². The molecule has 2 saturated carbocycles. The SMILES string of the molecule is [C-]#[N+]C(C#N)=C1/C(=C\c2cc3sc4c5c(sc4c3s2)C2=C(C=C(/C=C3\C(=O)c4cc(F)c(F)cc4\C3=C(\C#N)[N+]#[C-])C23CCCCC3)C52CCCCC2)C(=O)c2cc(F)c(F)cc21. The van der Waals surface area contributed by atoms with Gasteiger partial charge in [0.05, 0.1) is 39.4 Å². The number of hydrogen-bond acceptors (Lipinski definition) is 7. The average Bonchev–Trinajstić information content (AvgIpc) is 4.13. The fraction of sp³-hybridized carbons (Fsp3) is 0.240. The number of fused-ring (bicyclic) bond motifs is 11. The highest BCUT2D eigenvalue weighted by Crippen LogP contribution is 2.71. The van der Waals surface area contributed by atoms with Gasteiger partial charge in [0.25, 0.3) is 11.4 Å². The molecule has 6 nitrogen and oxygen atoms in total. The Morgan fingerprint density at radius 2 is 1.14 bits per heavy atom. The molecule has 306 valence electrons. The first-order valence-electron chi connectivity index (χ1n) is 20.5. The van der Waals surface area contributed by atoms with Crippen LogP contribution in [0.25, 0.3) is 51.3 Å². The van der Waals surface area contributed by atoms with Crippen molar-refractivity contribution in [1.29, 1.82) is 10.5 Å². The van der Waals surface area contributed by atoms with E-state index in [0.717, 1.165) is 108 Å². The number of nitriles is 2. The van der Waals surface area contributed by atoms with Crippen molar-refractivity contribution in [2.45, 2.75) is 69.6 Å². The normalized spacial score (nSPS) is 22.1. The minimum absolute atomic E-state index is 0.0116. The van der Waals surface area contributed by atoms with Crippen molar-refractivity contribution in [2.75, 3.05) is 0 Å². The molecule has 2 fully saturated rings. The second-order valence-corrected chi connectivity index (χ2v) is 20.0. The van der Waals surface area contributed by atoms with Crippen molar-refractivity contribution in [3.8, 4) is 12.1 Å². The summed E-state index contributed by atoms with van der Waals surface area (Å²) >= 11 is 4.93. The van der Waals surface area contributed by atoms with Gasteiger partial charge in [-0.05, 0) is 102 Å². The number of hydrogen-bond donors (Lipinski definition) is 0. The lowest BCUT2D eigenvalue weighted by molar-refractivity contribution is 0.103. The molecule has 0 aliphatic heterocycles. The molecule has 3 aromatic heterocycles. The molecule has 0 radical (unpaired) electrons. The van der Waals surface area contributed by atoms with Gasteiger partial charge in [-0.2, -0.15) is 0 Å². The van der Waals surface area contributed by atoms with E-state index in [1.165, 1.54) is 37.6 Å². The third-order valence-electron chi connectivity index (χ3n) is 13.9. The van der Waals surface area contributed by atoms with Gasteiger partial charge in [0, 0.05) is 58.7 Å². The van der Waals surface area contributed by atoms with E-state index < -0.39 is 40.3 Å². The molecule has 0 bridgehead atoms. The summed E-state index contributed by atoms with van der Waals surface area (Å²) < 4.78 is 62.5. The highest BCUT2D eigenvalue weighted by Gasteiger charge is 2.57. The number of rotatable bonds is 2. The molecule has 5 aromatic rings. The number of allylic oxidation sites excluding steroid dienone is 11. The number of halogens is 4. The van der Waals surface area contributed by atoms with E-state index in [1.54, 1.807) is 28.7 Å². The summed E-state index contributed by atoms with van der Waals surface area (Å²) in [5.41, 5.74) is 3.33. The molecule has 0 atom stereocenters. The molecular weight excluding hydrogens is 861 g/mol. The van der Waals surface area contributed by atoms with E-state index in [2.05, 4.69) is 15.8 Å². The number of benzene rings is 2. The summed E-state index contributed by atoms with van der Waals surface area (Å²) in [5, 5.41) is 19.9. The summed E-state index contributed by atoms with van der Waals surface area (Å²) in [6.07, 6.45) is 15.3. The van der Waals surface area contributed by atoms with Crippen LogP contribution >= 0.6 is 34.0 Å². The maximum Gasteiger partial charge on any atom is 0.270 e. The molecule has 0 unspecified atom stereocenters. The number of nitrogens with zero attached hydrogens (tertiary/aromatic N) is 4. The van der Waals surface area contributed by atoms with Crippen LogP contribution in [0, 0.1) is 64.5 Å². The molecule has 0 amide bonds. The summed E-state index contributed by atoms with van der Waals surface area (Å²) in [6.45, 7) is 15.4. The topological polar surface area (TPSA) is 90.4 Å². The van der Waals surface area contributed by atoms with Crippen molar-refractivity contribution in [1.82, 2.24) is 0 Å². The zero-order valence-electron chi connectivity index (χ0n) is 33.0. The van der Waals surface area contributed by atoms with Crippen LogP contribution in [0.15, 0.2) is 76.2 Å². The monoisotopic (exact) mass is 888 g/mol. The van der Waals surface area contributed by atoms with Gasteiger partial charge in [-0.25, -0.2) is 37.8 Å². The lowest BCUT2D eigenvalue weighted by atomic mass is 9.66. The first-order chi connectivity index (χ1) is 30.5. The van der Waals surface area contributed by atoms with Crippen molar-refractivity contribution < 1.29 is 27.2 Å². The Bertz CT molecular complexity index is 3400. The minimum atomic E-state index is -1.19. The quantitative estimate of drug-likeness (QED) is 0.0764. The minimum Gasteiger partial charge on any atom is -0.289 e. The van der Waals surface area contributed by atoms with Gasteiger partial charge < -0.3 is 0 Å². The molecule has 13 heteroatoms. The molecule has 0 saturated heterocycles. The zero-order valence-corrected chi connectivity index (χ0v) is 35.5. The Labute approximate surface area is 370 Å². The number of ketones is 2. The van der Waals surface area contributed by atoms with Crippen molar-refractivity contribution in [3.05, 3.63) is 160 Å². The Balaban J connectivity index is 1.07. The van der Waals surface area contributed by atoms with Crippen molar-refractivity contribution in [2.24, 2.45) is 5.41 Å². The van der Waals surface area contributed by atoms with Crippen LogP contribution in [-0.2, 0) is 5.41 Å². The third kappa shape index (κ3) is 5.28. The molecular formula is C50H28F4N4O2S3. The van der Waals surface area contributed by atoms with Crippen LogP contribution in [0.5, 0.6) is 0 Å². The lowest BCUT2D eigenvalue weighted by Gasteiger charge is -2.38. The highest BCUT2D eigenvalue weighted by atomic mass is 32.1. The summed E-state index contributed by atoms with van der Waals surface area (Å²) in [7, 11) is 0. The number of thiophene rings is 3. The first-order valence-corrected chi connectivity index (χ1v) is 23.0. The van der Waals surface area contributed by atoms with E-state index in [1.807, 2.05) is 24.3 Å². The predicted molar refractivity (Wildman–Crippen MR) is 236 cm³/mol. The lowest BCUT2D eigenvalue weighted by Crippen LogP contribution is -2.28. The summed E-state index contributed by atoms with van der Waals surface area (Å²) in [6, 6.07) is 9.18. The van der Waals surface area contributed by atoms with E-state index in [9.17, 15) is 37.7 Å². The van der Waals surface area contributed by atoms with Crippen LogP contribution < -0.4 is 0 Å². The Kier molecular flexibility index (Phi) is 8.76. The van der Waals surface area contributed by atoms with Crippen LogP contribution in [-0.4, -0.2) is 11.6 Å². The Morgan fingerprint density at radius 1 is 0.635 bits per heavy atom. The van der Waals surface area contributed by atoms with Crippen molar-refractivity contribution >= 4 is 87.2 Å². The third-order valence-corrected chi connectivity index (χ3v) is 17.8. The molecule has 0 N–H and O–H groups in total. The smallest absolute Gasteiger partial charge is 0.270 e. The van der Waals surface area contributed by atoms with E-state index in [4.69, 9.17) is 13.1 Å². The van der Waals surface area contributed by atoms with E-state index in [0.29, 0.717) is 4.88 Å². The van der Waals surface area contributed by atoms with Gasteiger partial charge >= 0.3 is 0 Å². The second-order valence-electron chi connectivity index (χ2n) is 16.9. The largest absolute Gasteiger partial charge is 0.289 e. The van der Waals surface area contributed by atoms with E-state index in [-0.39, 0.29) is 61.4 Å². The number of carbonyl (C=O) groups is 2. The van der Waals surface area contributed by atoms with Crippen molar-refractivity contribution in [3.63, 3.8) is 0 Å². The van der Waals surface area contributed by atoms with Crippen LogP contribution in [0.2, 0.25) is 0 Å². The van der Waals surface area contributed by atoms with Gasteiger partial charge in [0.2, 0.25) is 0 Å². The standard InChI is InChI=1S/C50H28F4N4O2S3/c1-57-36(21-55)39-25-17-32(51)34(53)19-27(25)43(59)29(39)13-23-14-31-41(49(23)9-5-3-6-10-49)46-42(50(31)11-7-4-8-12-50)47-48(63-46)45-38(62-47)16-24(61-45)15-30-40(37(22-56)58-2)26-18-33(52)35(54)20-28(26)44(30)60/h13-20H,3-12H2/b29-13-,30-15+,39-36+,40-37?. The van der Waals surface area contributed by atoms with Gasteiger partial charge in [-0.1, -0.05) is 44.6 Å². The predicted octanol–water partition coefficient (Wildman–Crippen LogP) is 14.0. The molecule has 2 aromatic carbocycles. The Morgan fingerprint density at radius 3 is 1.67 bits per heavy atom. The molecule has 2 spiro atoms. The van der Waals surface area contributed by atoms with Gasteiger partial charge in [-0.15, -0.1) is 34.0 Å². The van der Waals surface area contributed by atoms with Gasteiger partial charge in [0.1, 0.15) is 0 Å². The van der Waals surface area contributed by atoms with E-state index >= 15 is 0 Å². The molecule has 11 rings (SSSR count).